The number of hydrogen-bond acceptors (Lipinski definition) is 2. The van der Waals surface area contributed by atoms with Gasteiger partial charge < -0.3 is 5.32 Å². The van der Waals surface area contributed by atoms with E-state index in [2.05, 4.69) is 38.2 Å². The molecule has 0 aliphatic heterocycles. The molecule has 0 radical (unpaired) electrons. The van der Waals surface area contributed by atoms with Crippen molar-refractivity contribution in [3.63, 3.8) is 0 Å². The molecule has 2 heteroatoms. The molecule has 0 bridgehead atoms. The van der Waals surface area contributed by atoms with Gasteiger partial charge in [-0.1, -0.05) is 20.8 Å². The number of nitrogens with one attached hydrogen (secondary N) is 1. The third kappa shape index (κ3) is 4.74. The molecule has 1 aliphatic carbocycles. The monoisotopic (exact) mass is 265 g/mol. The fraction of sp³-hybridized carbons (Fsp3) is 0.750. The summed E-state index contributed by atoms with van der Waals surface area (Å²) < 4.78 is 0. The summed E-state index contributed by atoms with van der Waals surface area (Å²) in [7, 11) is 0. The van der Waals surface area contributed by atoms with E-state index < -0.39 is 0 Å². The quantitative estimate of drug-likeness (QED) is 0.734. The van der Waals surface area contributed by atoms with Crippen molar-refractivity contribution in [2.24, 2.45) is 5.41 Å². The number of rotatable bonds is 8. The Kier molecular flexibility index (Phi) is 4.85. The molecule has 102 valence electrons. The molecule has 18 heavy (non-hydrogen) atoms. The van der Waals surface area contributed by atoms with Gasteiger partial charge in [-0.05, 0) is 62.6 Å². The molecule has 2 rings (SSSR count). The van der Waals surface area contributed by atoms with Gasteiger partial charge in [-0.15, -0.1) is 11.3 Å². The van der Waals surface area contributed by atoms with Crippen LogP contribution in [0.2, 0.25) is 0 Å². The van der Waals surface area contributed by atoms with Gasteiger partial charge in [0, 0.05) is 15.8 Å². The van der Waals surface area contributed by atoms with Crippen LogP contribution in [-0.2, 0) is 12.8 Å². The molecule has 1 heterocycles. The minimum absolute atomic E-state index is 0.470. The van der Waals surface area contributed by atoms with Crippen molar-refractivity contribution < 1.29 is 0 Å². The molecule has 1 N–H and O–H groups in total. The van der Waals surface area contributed by atoms with E-state index in [4.69, 9.17) is 0 Å². The number of aryl methyl sites for hydroxylation is 2. The molecule has 1 aromatic rings. The van der Waals surface area contributed by atoms with E-state index in [9.17, 15) is 0 Å². The Labute approximate surface area is 116 Å². The standard InChI is InChI=1S/C16H27NS/c1-4-14-7-8-15(18-14)9-10-16(2,3)11-12-17-13-5-6-13/h7-8,13,17H,4-6,9-12H2,1-3H3. The minimum Gasteiger partial charge on any atom is -0.314 e. The van der Waals surface area contributed by atoms with E-state index in [1.165, 1.54) is 49.9 Å². The second-order valence-electron chi connectivity index (χ2n) is 6.36. The van der Waals surface area contributed by atoms with Gasteiger partial charge in [-0.2, -0.15) is 0 Å². The fourth-order valence-electron chi connectivity index (χ4n) is 2.24. The average Bonchev–Trinajstić information content (AvgIpc) is 3.03. The Hall–Kier alpha value is -0.340. The normalized spacial score (nSPS) is 16.2. The summed E-state index contributed by atoms with van der Waals surface area (Å²) in [5, 5.41) is 3.63. The molecule has 1 saturated carbocycles. The summed E-state index contributed by atoms with van der Waals surface area (Å²) in [5.74, 6) is 0. The Morgan fingerprint density at radius 1 is 1.22 bits per heavy atom. The van der Waals surface area contributed by atoms with Crippen LogP contribution >= 0.6 is 11.3 Å². The second kappa shape index (κ2) is 6.21. The van der Waals surface area contributed by atoms with Gasteiger partial charge >= 0.3 is 0 Å². The van der Waals surface area contributed by atoms with Crippen LogP contribution < -0.4 is 5.32 Å². The minimum atomic E-state index is 0.470. The topological polar surface area (TPSA) is 12.0 Å². The zero-order valence-corrected chi connectivity index (χ0v) is 12.9. The molecule has 0 aromatic carbocycles. The molecule has 1 aliphatic rings. The van der Waals surface area contributed by atoms with Crippen LogP contribution in [-0.4, -0.2) is 12.6 Å². The first kappa shape index (κ1) is 14.1. The van der Waals surface area contributed by atoms with Crippen molar-refractivity contribution in [3.05, 3.63) is 21.9 Å². The van der Waals surface area contributed by atoms with Crippen molar-refractivity contribution in [1.29, 1.82) is 0 Å². The predicted molar refractivity (Wildman–Crippen MR) is 81.4 cm³/mol. The third-order valence-corrected chi connectivity index (χ3v) is 5.22. The highest BCUT2D eigenvalue weighted by atomic mass is 32.1. The highest BCUT2D eigenvalue weighted by Crippen LogP contribution is 2.29. The Balaban J connectivity index is 1.69. The first-order chi connectivity index (χ1) is 8.59. The zero-order chi connectivity index (χ0) is 13.0. The Morgan fingerprint density at radius 2 is 1.94 bits per heavy atom. The van der Waals surface area contributed by atoms with Crippen LogP contribution in [0.25, 0.3) is 0 Å². The summed E-state index contributed by atoms with van der Waals surface area (Å²) in [5.41, 5.74) is 0.470. The van der Waals surface area contributed by atoms with E-state index >= 15 is 0 Å². The van der Waals surface area contributed by atoms with Crippen LogP contribution in [0.4, 0.5) is 0 Å². The van der Waals surface area contributed by atoms with Gasteiger partial charge in [0.05, 0.1) is 0 Å². The smallest absolute Gasteiger partial charge is 0.00682 e. The lowest BCUT2D eigenvalue weighted by Gasteiger charge is -2.24. The summed E-state index contributed by atoms with van der Waals surface area (Å²) in [6.45, 7) is 8.26. The summed E-state index contributed by atoms with van der Waals surface area (Å²) in [6.07, 6.45) is 7.84. The molecule has 0 saturated heterocycles. The molecule has 1 nitrogen and oxygen atoms in total. The largest absolute Gasteiger partial charge is 0.314 e. The highest BCUT2D eigenvalue weighted by Gasteiger charge is 2.22. The highest BCUT2D eigenvalue weighted by molar-refractivity contribution is 7.11. The molecule has 1 fully saturated rings. The van der Waals surface area contributed by atoms with E-state index in [1.54, 1.807) is 4.88 Å². The van der Waals surface area contributed by atoms with Gasteiger partial charge in [0.1, 0.15) is 0 Å². The van der Waals surface area contributed by atoms with Crippen molar-refractivity contribution in [3.8, 4) is 0 Å². The zero-order valence-electron chi connectivity index (χ0n) is 12.1. The van der Waals surface area contributed by atoms with Crippen LogP contribution in [0.3, 0.4) is 0 Å². The number of thiophene rings is 1. The predicted octanol–water partition coefficient (Wildman–Crippen LogP) is 4.41. The van der Waals surface area contributed by atoms with Gasteiger partial charge in [-0.25, -0.2) is 0 Å². The van der Waals surface area contributed by atoms with Crippen molar-refractivity contribution in [2.75, 3.05) is 6.54 Å². The summed E-state index contributed by atoms with van der Waals surface area (Å²) in [6, 6.07) is 5.47. The van der Waals surface area contributed by atoms with E-state index in [0.29, 0.717) is 5.41 Å². The molecular formula is C16H27NS. The molecule has 0 atom stereocenters. The lowest BCUT2D eigenvalue weighted by atomic mass is 9.84. The first-order valence-corrected chi connectivity index (χ1v) is 8.22. The maximum absolute atomic E-state index is 3.63. The van der Waals surface area contributed by atoms with E-state index in [1.807, 2.05) is 11.3 Å². The Morgan fingerprint density at radius 3 is 2.56 bits per heavy atom. The molecule has 0 amide bonds. The fourth-order valence-corrected chi connectivity index (χ4v) is 3.19. The molecule has 1 aromatic heterocycles. The van der Waals surface area contributed by atoms with Crippen LogP contribution in [0.5, 0.6) is 0 Å². The van der Waals surface area contributed by atoms with Crippen molar-refractivity contribution >= 4 is 11.3 Å². The molecular weight excluding hydrogens is 238 g/mol. The van der Waals surface area contributed by atoms with Gasteiger partial charge in [0.15, 0.2) is 0 Å². The average molecular weight is 265 g/mol. The van der Waals surface area contributed by atoms with E-state index in [0.717, 1.165) is 6.04 Å². The lowest BCUT2D eigenvalue weighted by molar-refractivity contribution is 0.302. The maximum atomic E-state index is 3.63. The molecule has 0 spiro atoms. The third-order valence-electron chi connectivity index (χ3n) is 3.93. The maximum Gasteiger partial charge on any atom is 0.00682 e. The Bertz CT molecular complexity index is 363. The van der Waals surface area contributed by atoms with Crippen LogP contribution in [0, 0.1) is 5.41 Å². The second-order valence-corrected chi connectivity index (χ2v) is 7.62. The van der Waals surface area contributed by atoms with Gasteiger partial charge in [0.2, 0.25) is 0 Å². The van der Waals surface area contributed by atoms with Crippen molar-refractivity contribution in [2.45, 2.75) is 65.3 Å². The number of hydrogen-bond donors (Lipinski definition) is 1. The summed E-state index contributed by atoms with van der Waals surface area (Å²) in [4.78, 5) is 3.09. The van der Waals surface area contributed by atoms with Crippen molar-refractivity contribution in [1.82, 2.24) is 5.32 Å². The van der Waals surface area contributed by atoms with Gasteiger partial charge in [-0.3, -0.25) is 0 Å². The SMILES string of the molecule is CCc1ccc(CCC(C)(C)CCNC2CC2)s1. The van der Waals surface area contributed by atoms with E-state index in [-0.39, 0.29) is 0 Å². The molecule has 0 unspecified atom stereocenters. The van der Waals surface area contributed by atoms with Crippen LogP contribution in [0.15, 0.2) is 12.1 Å². The summed E-state index contributed by atoms with van der Waals surface area (Å²) >= 11 is 2.00. The first-order valence-electron chi connectivity index (χ1n) is 7.40. The van der Waals surface area contributed by atoms with Gasteiger partial charge in [0.25, 0.3) is 0 Å². The van der Waals surface area contributed by atoms with Crippen LogP contribution in [0.1, 0.15) is 56.2 Å². The lowest BCUT2D eigenvalue weighted by Crippen LogP contribution is -2.24.